The summed E-state index contributed by atoms with van der Waals surface area (Å²) in [6.45, 7) is 0.143. The number of hydrogen-bond donors (Lipinski definition) is 0. The van der Waals surface area contributed by atoms with Gasteiger partial charge >= 0.3 is 29.6 Å². The molecule has 0 amide bonds. The van der Waals surface area contributed by atoms with Crippen molar-refractivity contribution in [3.05, 3.63) is 76.6 Å². The first-order valence-corrected chi connectivity index (χ1v) is 8.22. The van der Waals surface area contributed by atoms with Crippen molar-refractivity contribution in [3.63, 3.8) is 0 Å². The van der Waals surface area contributed by atoms with Gasteiger partial charge in [-0.25, -0.2) is 13.8 Å². The maximum Gasteiger partial charge on any atom is 1.00 e. The molecule has 1 aromatic heterocycles. The molecule has 4 rings (SSSR count). The molecule has 4 nitrogen and oxygen atoms in total. The van der Waals surface area contributed by atoms with Crippen LogP contribution in [0.3, 0.4) is 0 Å². The van der Waals surface area contributed by atoms with Gasteiger partial charge in [0.25, 0.3) is 0 Å². The largest absolute Gasteiger partial charge is 1.00 e. The van der Waals surface area contributed by atoms with E-state index in [1.54, 1.807) is 12.1 Å². The van der Waals surface area contributed by atoms with Gasteiger partial charge in [-0.05, 0) is 12.1 Å². The summed E-state index contributed by atoms with van der Waals surface area (Å²) in [6, 6.07) is 10.6. The van der Waals surface area contributed by atoms with Gasteiger partial charge in [-0.3, -0.25) is 4.68 Å². The minimum Gasteiger partial charge on any atom is -0.740 e. The van der Waals surface area contributed by atoms with E-state index in [4.69, 9.17) is 29.0 Å². The fourth-order valence-corrected chi connectivity index (χ4v) is 3.40. The van der Waals surface area contributed by atoms with Crippen LogP contribution in [0.4, 0.5) is 8.78 Å². The number of rotatable bonds is 4. The molecule has 0 radical (unpaired) electrons. The molecule has 9 heteroatoms. The molecule has 2 aromatic carbocycles. The predicted molar refractivity (Wildman–Crippen MR) is 89.0 cm³/mol. The van der Waals surface area contributed by atoms with Crippen molar-refractivity contribution in [2.45, 2.75) is 23.4 Å². The Bertz CT molecular complexity index is 957. The Balaban J connectivity index is 0.00000196. The molecule has 0 N–H and O–H groups in total. The molecule has 1 fully saturated rings. The molecule has 0 aliphatic carbocycles. The smallest absolute Gasteiger partial charge is 0.740 e. The second-order valence-corrected chi connectivity index (χ2v) is 6.51. The van der Waals surface area contributed by atoms with Crippen LogP contribution in [0.2, 0.25) is 5.02 Å². The van der Waals surface area contributed by atoms with Gasteiger partial charge in [0.05, 0.1) is 6.54 Å². The number of ether oxygens (including phenoxy) is 1. The molecule has 2 heterocycles. The summed E-state index contributed by atoms with van der Waals surface area (Å²) in [6.07, 6.45) is 0.823. The topological polar surface area (TPSA) is 43.2 Å². The monoisotopic (exact) mass is 401 g/mol. The second kappa shape index (κ2) is 7.50. The summed E-state index contributed by atoms with van der Waals surface area (Å²) in [7, 11) is 0. The van der Waals surface area contributed by atoms with E-state index in [9.17, 15) is 8.78 Å². The fraction of sp³-hybridized carbons (Fsp3) is 0.176. The van der Waals surface area contributed by atoms with Crippen LogP contribution in [0.1, 0.15) is 17.2 Å². The van der Waals surface area contributed by atoms with E-state index in [1.165, 1.54) is 23.1 Å². The molecule has 2 atom stereocenters. The Hall–Kier alpha value is -1.09. The van der Waals surface area contributed by atoms with E-state index in [2.05, 4.69) is 10.1 Å². The third-order valence-corrected chi connectivity index (χ3v) is 4.89. The van der Waals surface area contributed by atoms with E-state index in [0.29, 0.717) is 5.02 Å². The van der Waals surface area contributed by atoms with Crippen LogP contribution in [0, 0.1) is 11.6 Å². The van der Waals surface area contributed by atoms with Gasteiger partial charge in [0.2, 0.25) is 0 Å². The fourth-order valence-electron chi connectivity index (χ4n) is 3.01. The molecular formula is C17H11ClF2N3NaOS. The van der Waals surface area contributed by atoms with Crippen LogP contribution in [0.25, 0.3) is 0 Å². The summed E-state index contributed by atoms with van der Waals surface area (Å²) in [5.74, 6) is -1.35. The summed E-state index contributed by atoms with van der Waals surface area (Å²) in [4.78, 5) is 3.91. The van der Waals surface area contributed by atoms with Gasteiger partial charge in [0, 0.05) is 27.4 Å². The van der Waals surface area contributed by atoms with Crippen LogP contribution < -0.4 is 29.6 Å². The molecule has 0 spiro atoms. The second-order valence-electron chi connectivity index (χ2n) is 5.73. The minimum atomic E-state index is -1.08. The molecule has 1 aliphatic heterocycles. The first-order chi connectivity index (χ1) is 12.0. The molecule has 128 valence electrons. The molecule has 1 saturated heterocycles. The zero-order valence-electron chi connectivity index (χ0n) is 13.7. The van der Waals surface area contributed by atoms with Crippen molar-refractivity contribution in [2.75, 3.05) is 0 Å². The van der Waals surface area contributed by atoms with Crippen molar-refractivity contribution in [1.29, 1.82) is 0 Å². The van der Waals surface area contributed by atoms with Gasteiger partial charge in [-0.15, -0.1) is 0 Å². The Morgan fingerprint density at radius 1 is 1.23 bits per heavy atom. The number of hydrogen-bond acceptors (Lipinski definition) is 4. The zero-order valence-corrected chi connectivity index (χ0v) is 17.3. The normalized spacial score (nSPS) is 21.3. The molecule has 0 bridgehead atoms. The average molecular weight is 402 g/mol. The number of epoxide rings is 1. The molecule has 3 aromatic rings. The molecule has 26 heavy (non-hydrogen) atoms. The summed E-state index contributed by atoms with van der Waals surface area (Å²) in [5, 5.41) is 4.82. The Morgan fingerprint density at radius 3 is 2.65 bits per heavy atom. The van der Waals surface area contributed by atoms with Gasteiger partial charge in [-0.2, -0.15) is 5.10 Å². The van der Waals surface area contributed by atoms with Gasteiger partial charge in [0.1, 0.15) is 29.7 Å². The molecule has 1 aliphatic rings. The average Bonchev–Trinajstić information content (AvgIpc) is 3.14. The van der Waals surface area contributed by atoms with Crippen molar-refractivity contribution in [2.24, 2.45) is 0 Å². The van der Waals surface area contributed by atoms with Gasteiger partial charge in [0.15, 0.2) is 0 Å². The standard InChI is InChI=1S/C17H12ClF2N3OS.Na/c18-13-4-2-1-3-11(13)15-17(24-15,8-23-16(25)21-9-22-23)12-6-5-10(19)7-14(12)20;/h1-7,9,15H,8H2,(H,21,22,25);/q;+1/p-1. The minimum absolute atomic E-state index is 0. The van der Waals surface area contributed by atoms with E-state index in [-0.39, 0.29) is 46.8 Å². The van der Waals surface area contributed by atoms with E-state index < -0.39 is 23.3 Å². The van der Waals surface area contributed by atoms with Crippen molar-refractivity contribution in [1.82, 2.24) is 14.8 Å². The van der Waals surface area contributed by atoms with Crippen LogP contribution in [0.15, 0.2) is 53.9 Å². The number of aromatic nitrogens is 3. The summed E-state index contributed by atoms with van der Waals surface area (Å²) < 4.78 is 35.2. The van der Waals surface area contributed by atoms with E-state index in [1.807, 2.05) is 12.1 Å². The van der Waals surface area contributed by atoms with Crippen LogP contribution >= 0.6 is 11.6 Å². The van der Waals surface area contributed by atoms with Crippen LogP contribution in [0.5, 0.6) is 0 Å². The van der Waals surface area contributed by atoms with Gasteiger partial charge in [-0.1, -0.05) is 35.9 Å². The number of nitrogens with zero attached hydrogens (tertiary/aromatic N) is 3. The van der Waals surface area contributed by atoms with Crippen molar-refractivity contribution in [3.8, 4) is 0 Å². The Morgan fingerprint density at radius 2 is 2.00 bits per heavy atom. The van der Waals surface area contributed by atoms with Gasteiger partial charge < -0.3 is 17.4 Å². The Kier molecular flexibility index (Phi) is 5.67. The number of benzene rings is 2. The zero-order chi connectivity index (χ0) is 17.6. The molecule has 2 unspecified atom stereocenters. The number of halogens is 3. The maximum atomic E-state index is 14.5. The van der Waals surface area contributed by atoms with Crippen LogP contribution in [-0.2, 0) is 29.5 Å². The maximum absolute atomic E-state index is 14.5. The third kappa shape index (κ3) is 3.40. The first kappa shape index (κ1) is 19.7. The van der Waals surface area contributed by atoms with E-state index >= 15 is 0 Å². The SMILES string of the molecule is Fc1ccc(C2(Cn3ncnc3[S-])OC2c2ccccc2Cl)c(F)c1.[Na+]. The summed E-state index contributed by atoms with van der Waals surface area (Å²) >= 11 is 11.4. The predicted octanol–water partition coefficient (Wildman–Crippen LogP) is 0.787. The van der Waals surface area contributed by atoms with Crippen LogP contribution in [-0.4, -0.2) is 14.8 Å². The Labute approximate surface area is 181 Å². The molecular weight excluding hydrogens is 391 g/mol. The quantitative estimate of drug-likeness (QED) is 0.368. The summed E-state index contributed by atoms with van der Waals surface area (Å²) in [5.41, 5.74) is -0.132. The molecule has 0 saturated carbocycles. The van der Waals surface area contributed by atoms with Crippen molar-refractivity contribution < 1.29 is 43.1 Å². The van der Waals surface area contributed by atoms with E-state index in [0.717, 1.165) is 11.6 Å². The third-order valence-electron chi connectivity index (χ3n) is 4.23. The van der Waals surface area contributed by atoms with Crippen molar-refractivity contribution >= 4 is 24.2 Å². The first-order valence-electron chi connectivity index (χ1n) is 7.44.